The third-order valence-corrected chi connectivity index (χ3v) is 3.25. The normalized spacial score (nSPS) is 19.7. The van der Waals surface area contributed by atoms with Crippen LogP contribution in [0.3, 0.4) is 0 Å². The molecule has 1 atom stereocenters. The monoisotopic (exact) mass is 264 g/mol. The SMILES string of the molecule is Cc1cc(N(C)CC2CNCCO2)nc(C(C)C)n1. The summed E-state index contributed by atoms with van der Waals surface area (Å²) < 4.78 is 5.73. The van der Waals surface area contributed by atoms with Gasteiger partial charge in [-0.25, -0.2) is 9.97 Å². The van der Waals surface area contributed by atoms with Gasteiger partial charge in [-0.05, 0) is 6.92 Å². The Hall–Kier alpha value is -1.20. The van der Waals surface area contributed by atoms with Gasteiger partial charge in [0.15, 0.2) is 0 Å². The number of likely N-dealkylation sites (N-methyl/N-ethyl adjacent to an activating group) is 1. The number of hydrogen-bond acceptors (Lipinski definition) is 5. The highest BCUT2D eigenvalue weighted by Gasteiger charge is 2.17. The van der Waals surface area contributed by atoms with Gasteiger partial charge in [0.2, 0.25) is 0 Å². The minimum absolute atomic E-state index is 0.233. The second kappa shape index (κ2) is 6.30. The number of aromatic nitrogens is 2. The first kappa shape index (κ1) is 14.2. The van der Waals surface area contributed by atoms with E-state index in [0.717, 1.165) is 43.6 Å². The van der Waals surface area contributed by atoms with Crippen molar-refractivity contribution < 1.29 is 4.74 Å². The summed E-state index contributed by atoms with van der Waals surface area (Å²) in [7, 11) is 2.06. The van der Waals surface area contributed by atoms with Crippen molar-refractivity contribution in [3.63, 3.8) is 0 Å². The van der Waals surface area contributed by atoms with Gasteiger partial charge in [0, 0.05) is 44.4 Å². The predicted octanol–water partition coefficient (Wildman–Crippen LogP) is 1.33. The maximum atomic E-state index is 5.73. The van der Waals surface area contributed by atoms with Crippen molar-refractivity contribution in [2.75, 3.05) is 38.2 Å². The highest BCUT2D eigenvalue weighted by atomic mass is 16.5. The van der Waals surface area contributed by atoms with E-state index in [9.17, 15) is 0 Å². The smallest absolute Gasteiger partial charge is 0.133 e. The summed E-state index contributed by atoms with van der Waals surface area (Å²) in [4.78, 5) is 11.3. The Balaban J connectivity index is 2.07. The molecule has 0 bridgehead atoms. The summed E-state index contributed by atoms with van der Waals surface area (Å²) in [6, 6.07) is 2.03. The molecule has 1 unspecified atom stereocenters. The average molecular weight is 264 g/mol. The van der Waals surface area contributed by atoms with Crippen LogP contribution in [-0.2, 0) is 4.74 Å². The van der Waals surface area contributed by atoms with Crippen molar-refractivity contribution in [1.29, 1.82) is 0 Å². The molecule has 5 nitrogen and oxygen atoms in total. The lowest BCUT2D eigenvalue weighted by atomic mass is 10.2. The van der Waals surface area contributed by atoms with E-state index in [-0.39, 0.29) is 6.10 Å². The molecule has 0 saturated carbocycles. The second-order valence-electron chi connectivity index (χ2n) is 5.46. The number of aryl methyl sites for hydroxylation is 1. The van der Waals surface area contributed by atoms with Crippen LogP contribution in [0.25, 0.3) is 0 Å². The highest BCUT2D eigenvalue weighted by Crippen LogP contribution is 2.16. The Morgan fingerprint density at radius 3 is 2.89 bits per heavy atom. The first-order valence-corrected chi connectivity index (χ1v) is 6.95. The summed E-state index contributed by atoms with van der Waals surface area (Å²) in [5, 5.41) is 3.35. The van der Waals surface area contributed by atoms with Gasteiger partial charge in [-0.1, -0.05) is 13.8 Å². The molecule has 1 aromatic rings. The van der Waals surface area contributed by atoms with Gasteiger partial charge >= 0.3 is 0 Å². The topological polar surface area (TPSA) is 50.3 Å². The van der Waals surface area contributed by atoms with E-state index in [1.165, 1.54) is 0 Å². The molecular formula is C14H24N4O. The number of nitrogens with zero attached hydrogens (tertiary/aromatic N) is 3. The van der Waals surface area contributed by atoms with Crippen molar-refractivity contribution in [3.8, 4) is 0 Å². The fourth-order valence-corrected chi connectivity index (χ4v) is 2.16. The summed E-state index contributed by atoms with van der Waals surface area (Å²) in [5.41, 5.74) is 1.02. The second-order valence-corrected chi connectivity index (χ2v) is 5.46. The Morgan fingerprint density at radius 1 is 1.47 bits per heavy atom. The fraction of sp³-hybridized carbons (Fsp3) is 0.714. The zero-order valence-corrected chi connectivity index (χ0v) is 12.3. The molecule has 5 heteroatoms. The Morgan fingerprint density at radius 2 is 2.26 bits per heavy atom. The predicted molar refractivity (Wildman–Crippen MR) is 76.7 cm³/mol. The number of ether oxygens (including phenoxy) is 1. The fourth-order valence-electron chi connectivity index (χ4n) is 2.16. The summed E-state index contributed by atoms with van der Waals surface area (Å²) in [6.07, 6.45) is 0.233. The van der Waals surface area contributed by atoms with Crippen LogP contribution in [0.1, 0.15) is 31.3 Å². The van der Waals surface area contributed by atoms with Crippen LogP contribution in [0, 0.1) is 6.92 Å². The standard InChI is InChI=1S/C14H24N4O/c1-10(2)14-16-11(3)7-13(17-14)18(4)9-12-8-15-5-6-19-12/h7,10,12,15H,5-6,8-9H2,1-4H3. The number of morpholine rings is 1. The van der Waals surface area contributed by atoms with E-state index < -0.39 is 0 Å². The lowest BCUT2D eigenvalue weighted by molar-refractivity contribution is 0.0339. The van der Waals surface area contributed by atoms with E-state index in [2.05, 4.69) is 41.1 Å². The molecule has 0 aromatic carbocycles. The van der Waals surface area contributed by atoms with Crippen molar-refractivity contribution in [2.24, 2.45) is 0 Å². The summed E-state index contributed by atoms with van der Waals surface area (Å²) in [6.45, 7) is 9.75. The van der Waals surface area contributed by atoms with Crippen LogP contribution in [0.4, 0.5) is 5.82 Å². The van der Waals surface area contributed by atoms with Gasteiger partial charge in [-0.2, -0.15) is 0 Å². The van der Waals surface area contributed by atoms with Crippen LogP contribution in [0.15, 0.2) is 6.07 Å². The van der Waals surface area contributed by atoms with Crippen molar-refractivity contribution in [2.45, 2.75) is 32.8 Å². The minimum Gasteiger partial charge on any atom is -0.374 e. The zero-order valence-electron chi connectivity index (χ0n) is 12.3. The summed E-state index contributed by atoms with van der Waals surface area (Å²) >= 11 is 0. The van der Waals surface area contributed by atoms with Gasteiger partial charge in [0.25, 0.3) is 0 Å². The maximum absolute atomic E-state index is 5.73. The quantitative estimate of drug-likeness (QED) is 0.889. The molecule has 0 aliphatic carbocycles. The van der Waals surface area contributed by atoms with Gasteiger partial charge in [-0.15, -0.1) is 0 Å². The Bertz CT molecular complexity index is 416. The molecular weight excluding hydrogens is 240 g/mol. The minimum atomic E-state index is 0.233. The lowest BCUT2D eigenvalue weighted by Gasteiger charge is -2.29. The molecule has 0 radical (unpaired) electrons. The number of nitrogens with one attached hydrogen (secondary N) is 1. The summed E-state index contributed by atoms with van der Waals surface area (Å²) in [5.74, 6) is 2.23. The molecule has 2 rings (SSSR count). The van der Waals surface area contributed by atoms with E-state index in [1.54, 1.807) is 0 Å². The molecule has 1 aromatic heterocycles. The molecule has 1 fully saturated rings. The Kier molecular flexibility index (Phi) is 4.71. The van der Waals surface area contributed by atoms with Crippen molar-refractivity contribution in [1.82, 2.24) is 15.3 Å². The third kappa shape index (κ3) is 3.88. The van der Waals surface area contributed by atoms with E-state index in [0.29, 0.717) is 5.92 Å². The Labute approximate surface area is 115 Å². The molecule has 1 N–H and O–H groups in total. The van der Waals surface area contributed by atoms with Crippen LogP contribution in [-0.4, -0.2) is 49.4 Å². The number of hydrogen-bond donors (Lipinski definition) is 1. The maximum Gasteiger partial charge on any atom is 0.133 e. The molecule has 2 heterocycles. The average Bonchev–Trinajstić information content (AvgIpc) is 2.39. The van der Waals surface area contributed by atoms with Gasteiger partial charge in [0.1, 0.15) is 11.6 Å². The van der Waals surface area contributed by atoms with E-state index in [4.69, 9.17) is 4.74 Å². The van der Waals surface area contributed by atoms with Gasteiger partial charge in [-0.3, -0.25) is 0 Å². The lowest BCUT2D eigenvalue weighted by Crippen LogP contribution is -2.44. The first-order valence-electron chi connectivity index (χ1n) is 6.95. The third-order valence-electron chi connectivity index (χ3n) is 3.25. The highest BCUT2D eigenvalue weighted by molar-refractivity contribution is 5.39. The van der Waals surface area contributed by atoms with E-state index >= 15 is 0 Å². The molecule has 1 saturated heterocycles. The van der Waals surface area contributed by atoms with Crippen LogP contribution >= 0.6 is 0 Å². The first-order chi connectivity index (χ1) is 9.06. The largest absolute Gasteiger partial charge is 0.374 e. The zero-order chi connectivity index (χ0) is 13.8. The molecule has 1 aliphatic heterocycles. The van der Waals surface area contributed by atoms with Gasteiger partial charge < -0.3 is 15.0 Å². The number of rotatable bonds is 4. The molecule has 0 amide bonds. The van der Waals surface area contributed by atoms with Crippen molar-refractivity contribution >= 4 is 5.82 Å². The molecule has 1 aliphatic rings. The number of anilines is 1. The van der Waals surface area contributed by atoms with Crippen molar-refractivity contribution in [3.05, 3.63) is 17.6 Å². The van der Waals surface area contributed by atoms with Crippen LogP contribution in [0.5, 0.6) is 0 Å². The van der Waals surface area contributed by atoms with Crippen LogP contribution < -0.4 is 10.2 Å². The van der Waals surface area contributed by atoms with Gasteiger partial charge in [0.05, 0.1) is 12.7 Å². The molecule has 106 valence electrons. The van der Waals surface area contributed by atoms with E-state index in [1.807, 2.05) is 13.0 Å². The molecule has 0 spiro atoms. The van der Waals surface area contributed by atoms with Crippen LogP contribution in [0.2, 0.25) is 0 Å². The molecule has 19 heavy (non-hydrogen) atoms.